The zero-order valence-electron chi connectivity index (χ0n) is 13.4. The Morgan fingerprint density at radius 2 is 1.83 bits per heavy atom. The lowest BCUT2D eigenvalue weighted by atomic mass is 10.2. The minimum Gasteiger partial charge on any atom is -0.342 e. The summed E-state index contributed by atoms with van der Waals surface area (Å²) < 4.78 is 3.77. The summed E-state index contributed by atoms with van der Waals surface area (Å²) in [6.45, 7) is 0. The van der Waals surface area contributed by atoms with Crippen molar-refractivity contribution in [2.75, 3.05) is 17.3 Å². The van der Waals surface area contributed by atoms with Crippen LogP contribution in [0.4, 0.5) is 5.69 Å². The van der Waals surface area contributed by atoms with Gasteiger partial charge in [0.15, 0.2) is 0 Å². The first-order valence-corrected chi connectivity index (χ1v) is 9.04. The van der Waals surface area contributed by atoms with Gasteiger partial charge in [0, 0.05) is 23.8 Å². The summed E-state index contributed by atoms with van der Waals surface area (Å²) >= 11 is 1.74. The smallest absolute Gasteiger partial charge is 0.247 e. The quantitative estimate of drug-likeness (QED) is 0.717. The number of hydrogen-bond acceptors (Lipinski definition) is 4. The Hall–Kier alpha value is -2.54. The number of carbonyl (C=O) groups is 1. The predicted molar refractivity (Wildman–Crippen MR) is 96.5 cm³/mol. The predicted octanol–water partition coefficient (Wildman–Crippen LogP) is 3.00. The molecule has 1 N–H and O–H groups in total. The summed E-state index contributed by atoms with van der Waals surface area (Å²) in [4.78, 5) is 12.7. The van der Waals surface area contributed by atoms with Crippen LogP contribution in [0.1, 0.15) is 12.5 Å². The van der Waals surface area contributed by atoms with Crippen LogP contribution in [0.2, 0.25) is 0 Å². The van der Waals surface area contributed by atoms with Crippen molar-refractivity contribution in [1.82, 2.24) is 19.3 Å². The van der Waals surface area contributed by atoms with Crippen molar-refractivity contribution >= 4 is 23.4 Å². The van der Waals surface area contributed by atoms with E-state index in [2.05, 4.69) is 15.5 Å². The molecule has 0 aliphatic carbocycles. The van der Waals surface area contributed by atoms with E-state index in [1.807, 2.05) is 64.2 Å². The van der Waals surface area contributed by atoms with Gasteiger partial charge in [-0.3, -0.25) is 9.36 Å². The van der Waals surface area contributed by atoms with E-state index in [9.17, 15) is 4.79 Å². The maximum atomic E-state index is 12.7. The second-order valence-electron chi connectivity index (χ2n) is 5.33. The van der Waals surface area contributed by atoms with Crippen LogP contribution >= 0.6 is 11.8 Å². The number of rotatable bonds is 7. The van der Waals surface area contributed by atoms with Gasteiger partial charge < -0.3 is 9.88 Å². The zero-order chi connectivity index (χ0) is 16.8. The molecule has 0 saturated carbocycles. The maximum Gasteiger partial charge on any atom is 0.247 e. The highest BCUT2D eigenvalue weighted by atomic mass is 32.2. The van der Waals surface area contributed by atoms with Crippen LogP contribution in [0.5, 0.6) is 0 Å². The van der Waals surface area contributed by atoms with Crippen LogP contribution in [0.15, 0.2) is 61.4 Å². The molecule has 1 amide bonds. The third-order valence-electron chi connectivity index (χ3n) is 3.74. The molecule has 24 heavy (non-hydrogen) atoms. The van der Waals surface area contributed by atoms with Crippen LogP contribution in [0.25, 0.3) is 5.69 Å². The number of thioether (sulfide) groups is 1. The molecule has 0 unspecified atom stereocenters. The van der Waals surface area contributed by atoms with Gasteiger partial charge in [0.2, 0.25) is 5.91 Å². The fraction of sp³-hybridized carbons (Fsp3) is 0.235. The van der Waals surface area contributed by atoms with E-state index in [0.29, 0.717) is 0 Å². The van der Waals surface area contributed by atoms with Crippen molar-refractivity contribution in [3.63, 3.8) is 0 Å². The summed E-state index contributed by atoms with van der Waals surface area (Å²) in [5.41, 5.74) is 1.72. The SMILES string of the molecule is CSCC[C@H](C(=O)Nc1ccc(-n2cnnc2)cc1)n1cccc1. The van der Waals surface area contributed by atoms with Gasteiger partial charge in [-0.25, -0.2) is 0 Å². The van der Waals surface area contributed by atoms with Gasteiger partial charge in [-0.05, 0) is 54.8 Å². The Bertz CT molecular complexity index is 753. The van der Waals surface area contributed by atoms with Gasteiger partial charge in [-0.1, -0.05) is 0 Å². The Morgan fingerprint density at radius 3 is 2.46 bits per heavy atom. The molecule has 1 aromatic carbocycles. The lowest BCUT2D eigenvalue weighted by Gasteiger charge is -2.18. The van der Waals surface area contributed by atoms with Gasteiger partial charge in [0.1, 0.15) is 18.7 Å². The van der Waals surface area contributed by atoms with Crippen LogP contribution in [-0.2, 0) is 4.79 Å². The molecule has 7 heteroatoms. The van der Waals surface area contributed by atoms with E-state index in [1.165, 1.54) is 0 Å². The first kappa shape index (κ1) is 16.3. The van der Waals surface area contributed by atoms with Gasteiger partial charge >= 0.3 is 0 Å². The average molecular weight is 341 g/mol. The number of nitrogens with zero attached hydrogens (tertiary/aromatic N) is 4. The molecule has 3 rings (SSSR count). The minimum atomic E-state index is -0.204. The molecule has 0 aliphatic rings. The van der Waals surface area contributed by atoms with Crippen molar-refractivity contribution in [3.05, 3.63) is 61.4 Å². The Balaban J connectivity index is 1.70. The molecule has 6 nitrogen and oxygen atoms in total. The van der Waals surface area contributed by atoms with Gasteiger partial charge in [-0.15, -0.1) is 10.2 Å². The largest absolute Gasteiger partial charge is 0.342 e. The molecular weight excluding hydrogens is 322 g/mol. The second kappa shape index (κ2) is 7.83. The maximum absolute atomic E-state index is 12.7. The fourth-order valence-corrected chi connectivity index (χ4v) is 2.94. The van der Waals surface area contributed by atoms with Gasteiger partial charge in [0.05, 0.1) is 0 Å². The van der Waals surface area contributed by atoms with Gasteiger partial charge in [-0.2, -0.15) is 11.8 Å². The van der Waals surface area contributed by atoms with Crippen LogP contribution < -0.4 is 5.32 Å². The number of amides is 1. The number of hydrogen-bond donors (Lipinski definition) is 1. The molecular formula is C17H19N5OS. The third-order valence-corrected chi connectivity index (χ3v) is 4.38. The number of carbonyl (C=O) groups excluding carboxylic acids is 1. The highest BCUT2D eigenvalue weighted by molar-refractivity contribution is 7.98. The molecule has 2 heterocycles. The van der Waals surface area contributed by atoms with Crippen LogP contribution in [-0.4, -0.2) is 37.2 Å². The van der Waals surface area contributed by atoms with Crippen molar-refractivity contribution in [3.8, 4) is 5.69 Å². The number of aromatic nitrogens is 4. The summed E-state index contributed by atoms with van der Waals surface area (Å²) in [5.74, 6) is 0.931. The first-order chi connectivity index (χ1) is 11.8. The van der Waals surface area contributed by atoms with Gasteiger partial charge in [0.25, 0.3) is 0 Å². The molecule has 3 aromatic rings. The molecule has 0 spiro atoms. The van der Waals surface area contributed by atoms with Crippen LogP contribution in [0.3, 0.4) is 0 Å². The molecule has 0 aliphatic heterocycles. The highest BCUT2D eigenvalue weighted by Gasteiger charge is 2.19. The monoisotopic (exact) mass is 341 g/mol. The van der Waals surface area contributed by atoms with Crippen molar-refractivity contribution in [2.45, 2.75) is 12.5 Å². The molecule has 2 aromatic heterocycles. The van der Waals surface area contributed by atoms with Crippen molar-refractivity contribution < 1.29 is 4.79 Å². The standard InChI is InChI=1S/C17H19N5OS/c1-24-11-8-16(21-9-2-3-10-21)17(23)20-14-4-6-15(7-5-14)22-12-18-19-13-22/h2-7,9-10,12-13,16H,8,11H2,1H3,(H,20,23)/t16-/m1/s1. The minimum absolute atomic E-state index is 0.00250. The normalized spacial score (nSPS) is 12.0. The number of anilines is 1. The first-order valence-electron chi connectivity index (χ1n) is 7.65. The van der Waals surface area contributed by atoms with E-state index in [1.54, 1.807) is 24.4 Å². The summed E-state index contributed by atoms with van der Waals surface area (Å²) in [5, 5.41) is 10.6. The molecule has 0 bridgehead atoms. The Morgan fingerprint density at radius 1 is 1.17 bits per heavy atom. The molecule has 1 atom stereocenters. The average Bonchev–Trinajstić information content (AvgIpc) is 3.30. The van der Waals surface area contributed by atoms with Crippen LogP contribution in [0, 0.1) is 0 Å². The highest BCUT2D eigenvalue weighted by Crippen LogP contribution is 2.19. The zero-order valence-corrected chi connectivity index (χ0v) is 14.2. The van der Waals surface area contributed by atoms with E-state index >= 15 is 0 Å². The number of nitrogens with one attached hydrogen (secondary N) is 1. The number of benzene rings is 1. The molecule has 124 valence electrons. The molecule has 0 fully saturated rings. The fourth-order valence-electron chi connectivity index (χ4n) is 2.48. The lowest BCUT2D eigenvalue weighted by Crippen LogP contribution is -2.25. The van der Waals surface area contributed by atoms with Crippen molar-refractivity contribution in [2.24, 2.45) is 0 Å². The Kier molecular flexibility index (Phi) is 5.32. The molecule has 0 radical (unpaired) electrons. The third kappa shape index (κ3) is 3.86. The summed E-state index contributed by atoms with van der Waals surface area (Å²) in [6.07, 6.45) is 9.98. The Labute approximate surface area is 144 Å². The van der Waals surface area contributed by atoms with E-state index in [0.717, 1.165) is 23.5 Å². The topological polar surface area (TPSA) is 64.7 Å². The molecule has 0 saturated heterocycles. The second-order valence-corrected chi connectivity index (χ2v) is 6.32. The van der Waals surface area contributed by atoms with E-state index < -0.39 is 0 Å². The summed E-state index contributed by atoms with van der Waals surface area (Å²) in [6, 6.07) is 11.3. The van der Waals surface area contributed by atoms with Crippen molar-refractivity contribution in [1.29, 1.82) is 0 Å². The summed E-state index contributed by atoms with van der Waals surface area (Å²) in [7, 11) is 0. The van der Waals surface area contributed by atoms with E-state index in [-0.39, 0.29) is 11.9 Å². The lowest BCUT2D eigenvalue weighted by molar-refractivity contribution is -0.119. The van der Waals surface area contributed by atoms with E-state index in [4.69, 9.17) is 0 Å².